The Morgan fingerprint density at radius 3 is 0.721 bits per heavy atom. The van der Waals surface area contributed by atoms with Crippen LogP contribution in [0.2, 0.25) is 0 Å². The van der Waals surface area contributed by atoms with Crippen molar-refractivity contribution in [2.75, 3.05) is 0 Å². The molecule has 0 fully saturated rings. The standard InChI is InChI=1S/C68H48/c1-67(2)59-37-55(41-21-7-5-8-22-41)45-27-13-17-31-51(45)63(59)65-53-33-19-15-29-47(53)57(39-61(65)67)49-35-36-50(44-26-12-11-25-43(44)49)58-40-62-66(54-34-20-16-30-48(54)58)64-52-32-18-14-28-46(52)56(38-60(64)68(62,3)4)42-23-9-6-10-24-42/h5-40H,1-4H3. The number of hydrogen-bond acceptors (Lipinski definition) is 0. The highest BCUT2D eigenvalue weighted by Crippen LogP contribution is 2.59. The molecule has 0 atom stereocenters. The molecule has 0 heterocycles. The summed E-state index contributed by atoms with van der Waals surface area (Å²) in [4.78, 5) is 0. The molecule has 0 heteroatoms. The fourth-order valence-corrected chi connectivity index (χ4v) is 12.8. The number of hydrogen-bond donors (Lipinski definition) is 0. The Labute approximate surface area is 397 Å². The second-order valence-corrected chi connectivity index (χ2v) is 20.3. The fraction of sp³-hybridized carbons (Fsp3) is 0.0882. The minimum atomic E-state index is -0.229. The molecule has 0 nitrogen and oxygen atoms in total. The van der Waals surface area contributed by atoms with Crippen LogP contribution in [0.3, 0.4) is 0 Å². The van der Waals surface area contributed by atoms with Crippen LogP contribution in [0.5, 0.6) is 0 Å². The zero-order valence-electron chi connectivity index (χ0n) is 38.8. The first-order valence-corrected chi connectivity index (χ1v) is 24.2. The Hall–Kier alpha value is -8.06. The van der Waals surface area contributed by atoms with E-state index in [9.17, 15) is 0 Å². The van der Waals surface area contributed by atoms with Crippen molar-refractivity contribution >= 4 is 53.9 Å². The second-order valence-electron chi connectivity index (χ2n) is 20.3. The first-order chi connectivity index (χ1) is 33.3. The van der Waals surface area contributed by atoms with Crippen molar-refractivity contribution < 1.29 is 0 Å². The molecule has 2 aliphatic carbocycles. The summed E-state index contributed by atoms with van der Waals surface area (Å²) in [5.41, 5.74) is 20.8. The van der Waals surface area contributed by atoms with E-state index in [2.05, 4.69) is 246 Å². The first kappa shape index (κ1) is 39.1. The van der Waals surface area contributed by atoms with Gasteiger partial charge in [-0.2, -0.15) is 0 Å². The van der Waals surface area contributed by atoms with Gasteiger partial charge in [0, 0.05) is 10.8 Å². The van der Waals surface area contributed by atoms with Crippen LogP contribution in [0, 0.1) is 0 Å². The van der Waals surface area contributed by atoms with E-state index in [-0.39, 0.29) is 10.8 Å². The van der Waals surface area contributed by atoms with Crippen molar-refractivity contribution in [2.24, 2.45) is 0 Å². The molecule has 12 aromatic carbocycles. The van der Waals surface area contributed by atoms with Crippen molar-refractivity contribution in [2.45, 2.75) is 38.5 Å². The Bertz CT molecular complexity index is 3840. The molecule has 0 N–H and O–H groups in total. The van der Waals surface area contributed by atoms with Gasteiger partial charge in [-0.15, -0.1) is 0 Å². The molecular weight excluding hydrogens is 817 g/mol. The topological polar surface area (TPSA) is 0 Å². The zero-order chi connectivity index (χ0) is 45.5. The lowest BCUT2D eigenvalue weighted by molar-refractivity contribution is 0.661. The predicted octanol–water partition coefficient (Wildman–Crippen LogP) is 18.7. The van der Waals surface area contributed by atoms with Crippen LogP contribution in [0.25, 0.3) is 121 Å². The molecule has 0 aromatic heterocycles. The van der Waals surface area contributed by atoms with Crippen molar-refractivity contribution in [3.05, 3.63) is 241 Å². The van der Waals surface area contributed by atoms with Gasteiger partial charge in [0.15, 0.2) is 0 Å². The van der Waals surface area contributed by atoms with E-state index in [0.717, 1.165) is 0 Å². The van der Waals surface area contributed by atoms with Crippen molar-refractivity contribution in [3.63, 3.8) is 0 Å². The zero-order valence-corrected chi connectivity index (χ0v) is 38.8. The summed E-state index contributed by atoms with van der Waals surface area (Å²) in [7, 11) is 0. The van der Waals surface area contributed by atoms with E-state index in [4.69, 9.17) is 0 Å². The second kappa shape index (κ2) is 14.2. The monoisotopic (exact) mass is 864 g/mol. The lowest BCUT2D eigenvalue weighted by Crippen LogP contribution is -2.15. The molecule has 0 radical (unpaired) electrons. The third kappa shape index (κ3) is 5.32. The highest BCUT2D eigenvalue weighted by molar-refractivity contribution is 6.21. The van der Waals surface area contributed by atoms with Crippen LogP contribution in [0.1, 0.15) is 49.9 Å². The van der Waals surface area contributed by atoms with E-state index in [1.807, 2.05) is 0 Å². The molecule has 0 saturated heterocycles. The van der Waals surface area contributed by atoms with Crippen molar-refractivity contribution in [1.29, 1.82) is 0 Å². The largest absolute Gasteiger partial charge is 0.0622 e. The molecular formula is C68H48. The van der Waals surface area contributed by atoms with Gasteiger partial charge in [-0.1, -0.05) is 222 Å². The van der Waals surface area contributed by atoms with Crippen LogP contribution >= 0.6 is 0 Å². The van der Waals surface area contributed by atoms with E-state index >= 15 is 0 Å². The SMILES string of the molecule is CC1(C)c2cc(-c3ccccc3)c3ccccc3c2-c2c1cc(-c1ccc(-c3cc4c(c5ccccc35)-c3c(cc(-c5ccccc5)c5ccccc35)C4(C)C)c3ccccc13)c1ccccc21. The summed E-state index contributed by atoms with van der Waals surface area (Å²) >= 11 is 0. The minimum Gasteiger partial charge on any atom is -0.0622 e. The van der Waals surface area contributed by atoms with Crippen LogP contribution in [-0.4, -0.2) is 0 Å². The summed E-state index contributed by atoms with van der Waals surface area (Å²) < 4.78 is 0. The Kier molecular flexibility index (Phi) is 8.19. The average molecular weight is 865 g/mol. The number of fused-ring (bicyclic) bond motifs is 15. The lowest BCUT2D eigenvalue weighted by Gasteiger charge is -2.25. The first-order valence-electron chi connectivity index (χ1n) is 24.2. The maximum atomic E-state index is 2.55. The summed E-state index contributed by atoms with van der Waals surface area (Å²) in [6, 6.07) is 82.3. The van der Waals surface area contributed by atoms with Gasteiger partial charge in [-0.25, -0.2) is 0 Å². The third-order valence-corrected chi connectivity index (χ3v) is 16.0. The van der Waals surface area contributed by atoms with E-state index in [0.29, 0.717) is 0 Å². The summed E-state index contributed by atoms with van der Waals surface area (Å²) in [6.45, 7) is 9.74. The van der Waals surface area contributed by atoms with Crippen LogP contribution < -0.4 is 0 Å². The smallest absolute Gasteiger partial charge is 0.0159 e. The maximum Gasteiger partial charge on any atom is 0.0159 e. The minimum absolute atomic E-state index is 0.229. The van der Waals surface area contributed by atoms with Gasteiger partial charge < -0.3 is 0 Å². The van der Waals surface area contributed by atoms with Crippen LogP contribution in [0.4, 0.5) is 0 Å². The van der Waals surface area contributed by atoms with Crippen LogP contribution in [-0.2, 0) is 10.8 Å². The predicted molar refractivity (Wildman–Crippen MR) is 291 cm³/mol. The average Bonchev–Trinajstić information content (AvgIpc) is 3.77. The highest BCUT2D eigenvalue weighted by atomic mass is 14.4. The third-order valence-electron chi connectivity index (χ3n) is 16.0. The van der Waals surface area contributed by atoms with E-state index < -0.39 is 0 Å². The molecule has 68 heavy (non-hydrogen) atoms. The summed E-state index contributed by atoms with van der Waals surface area (Å²) in [5, 5.41) is 13.0. The summed E-state index contributed by atoms with van der Waals surface area (Å²) in [6.07, 6.45) is 0. The Morgan fingerprint density at radius 1 is 0.206 bits per heavy atom. The van der Waals surface area contributed by atoms with Gasteiger partial charge in [-0.05, 0) is 167 Å². The molecule has 0 amide bonds. The van der Waals surface area contributed by atoms with Gasteiger partial charge in [-0.3, -0.25) is 0 Å². The fourth-order valence-electron chi connectivity index (χ4n) is 12.8. The molecule has 0 bridgehead atoms. The van der Waals surface area contributed by atoms with Gasteiger partial charge >= 0.3 is 0 Å². The Morgan fingerprint density at radius 2 is 0.426 bits per heavy atom. The van der Waals surface area contributed by atoms with E-state index in [1.54, 1.807) is 0 Å². The Balaban J connectivity index is 0.988. The molecule has 0 unspecified atom stereocenters. The molecule has 12 aromatic rings. The normalized spacial score (nSPS) is 14.1. The van der Waals surface area contributed by atoms with Gasteiger partial charge in [0.2, 0.25) is 0 Å². The van der Waals surface area contributed by atoms with Gasteiger partial charge in [0.05, 0.1) is 0 Å². The molecule has 0 saturated carbocycles. The molecule has 0 aliphatic heterocycles. The number of rotatable bonds is 4. The molecule has 320 valence electrons. The van der Waals surface area contributed by atoms with Crippen molar-refractivity contribution in [1.82, 2.24) is 0 Å². The maximum absolute atomic E-state index is 2.55. The van der Waals surface area contributed by atoms with Gasteiger partial charge in [0.1, 0.15) is 0 Å². The molecule has 0 spiro atoms. The van der Waals surface area contributed by atoms with Gasteiger partial charge in [0.25, 0.3) is 0 Å². The molecule has 14 rings (SSSR count). The van der Waals surface area contributed by atoms with E-state index in [1.165, 1.54) is 143 Å². The highest BCUT2D eigenvalue weighted by Gasteiger charge is 2.41. The van der Waals surface area contributed by atoms with Crippen molar-refractivity contribution in [3.8, 4) is 66.8 Å². The summed E-state index contributed by atoms with van der Waals surface area (Å²) in [5.74, 6) is 0. The van der Waals surface area contributed by atoms with Crippen LogP contribution in [0.15, 0.2) is 218 Å². The lowest BCUT2D eigenvalue weighted by atomic mass is 9.78. The number of benzene rings is 12. The molecule has 2 aliphatic rings. The quantitative estimate of drug-likeness (QED) is 0.165.